The topological polar surface area (TPSA) is 82.5 Å². The second kappa shape index (κ2) is 10.1. The number of aromatic nitrogens is 1. The fourth-order valence-electron chi connectivity index (χ4n) is 5.33. The van der Waals surface area contributed by atoms with Gasteiger partial charge in [-0.1, -0.05) is 48.5 Å². The van der Waals surface area contributed by atoms with E-state index in [1.54, 1.807) is 36.4 Å². The quantitative estimate of drug-likeness (QED) is 0.243. The van der Waals surface area contributed by atoms with E-state index in [1.165, 1.54) is 11.3 Å². The van der Waals surface area contributed by atoms with Crippen molar-refractivity contribution in [2.24, 2.45) is 0 Å². The number of carbonyl (C=O) groups is 2. The maximum atomic E-state index is 11.4. The number of carboxylic acids is 2. The van der Waals surface area contributed by atoms with Crippen molar-refractivity contribution >= 4 is 34.7 Å². The van der Waals surface area contributed by atoms with Crippen LogP contribution in [-0.2, 0) is 25.9 Å². The molecule has 0 saturated heterocycles. The summed E-state index contributed by atoms with van der Waals surface area (Å²) in [6.45, 7) is 0.673. The summed E-state index contributed by atoms with van der Waals surface area (Å²) in [6.07, 6.45) is 6.52. The SMILES string of the molecule is O=C(O)c1cccc(Cc2ccc3c(c2)[N+](Cn2ccc4ccc(Cc5cccc(C(=O)O)c5)cc42)=CC3)c1. The first-order valence-electron chi connectivity index (χ1n) is 12.9. The Bertz CT molecular complexity index is 1780. The Hall–Kier alpha value is -4.97. The molecule has 0 bridgehead atoms. The standard InChI is InChI=1S/C33H26N2O4/c36-32(37)28-5-1-3-22(17-28)15-24-7-9-26-11-13-34(30(26)19-24)21-35-14-12-27-10-8-25(20-31(27)35)16-23-4-2-6-29(18-23)33(38)39/h1-11,13-14,17-20H,12,15-16,21H2,(H-,36,37,38,39)/p+1. The number of aromatic carboxylic acids is 2. The Morgan fingerprint density at radius 3 is 2.00 bits per heavy atom. The van der Waals surface area contributed by atoms with Gasteiger partial charge in [0.25, 0.3) is 0 Å². The van der Waals surface area contributed by atoms with E-state index in [9.17, 15) is 19.8 Å². The summed E-state index contributed by atoms with van der Waals surface area (Å²) in [7, 11) is 0. The molecule has 0 saturated carbocycles. The highest BCUT2D eigenvalue weighted by Crippen LogP contribution is 2.28. The minimum atomic E-state index is -0.916. The Kier molecular flexibility index (Phi) is 6.29. The van der Waals surface area contributed by atoms with Crippen molar-refractivity contribution in [1.29, 1.82) is 0 Å². The molecule has 0 fully saturated rings. The zero-order valence-electron chi connectivity index (χ0n) is 21.2. The van der Waals surface area contributed by atoms with Crippen LogP contribution in [0.1, 0.15) is 48.5 Å². The third kappa shape index (κ3) is 5.09. The first kappa shape index (κ1) is 24.4. The van der Waals surface area contributed by atoms with E-state index in [0.717, 1.165) is 39.6 Å². The van der Waals surface area contributed by atoms with Crippen molar-refractivity contribution in [3.63, 3.8) is 0 Å². The van der Waals surface area contributed by atoms with Crippen LogP contribution in [0.5, 0.6) is 0 Å². The van der Waals surface area contributed by atoms with Gasteiger partial charge in [0.2, 0.25) is 12.4 Å². The van der Waals surface area contributed by atoms with Crippen LogP contribution in [0, 0.1) is 0 Å². The molecule has 2 N–H and O–H groups in total. The highest BCUT2D eigenvalue weighted by molar-refractivity contribution is 5.88. The Morgan fingerprint density at radius 1 is 0.718 bits per heavy atom. The molecule has 0 amide bonds. The number of hydrogen-bond donors (Lipinski definition) is 2. The van der Waals surface area contributed by atoms with Crippen LogP contribution in [0.3, 0.4) is 0 Å². The minimum Gasteiger partial charge on any atom is -0.478 e. The van der Waals surface area contributed by atoms with Crippen molar-refractivity contribution in [2.75, 3.05) is 0 Å². The molecule has 6 nitrogen and oxygen atoms in total. The summed E-state index contributed by atoms with van der Waals surface area (Å²) in [5.74, 6) is -1.83. The molecule has 0 atom stereocenters. The van der Waals surface area contributed by atoms with Gasteiger partial charge >= 0.3 is 11.9 Å². The van der Waals surface area contributed by atoms with Crippen LogP contribution >= 0.6 is 0 Å². The van der Waals surface area contributed by atoms with Gasteiger partial charge in [-0.25, -0.2) is 9.59 Å². The van der Waals surface area contributed by atoms with Crippen molar-refractivity contribution < 1.29 is 24.4 Å². The summed E-state index contributed by atoms with van der Waals surface area (Å²) in [4.78, 5) is 22.7. The van der Waals surface area contributed by atoms with Gasteiger partial charge in [-0.05, 0) is 76.9 Å². The summed E-state index contributed by atoms with van der Waals surface area (Å²) in [6, 6.07) is 29.2. The number of nitrogens with zero attached hydrogens (tertiary/aromatic N) is 2. The van der Waals surface area contributed by atoms with E-state index in [1.807, 2.05) is 12.1 Å². The lowest BCUT2D eigenvalue weighted by atomic mass is 10.0. The summed E-state index contributed by atoms with van der Waals surface area (Å²) in [5, 5.41) is 19.8. The van der Waals surface area contributed by atoms with Crippen molar-refractivity contribution in [1.82, 2.24) is 4.57 Å². The maximum absolute atomic E-state index is 11.4. The molecule has 192 valence electrons. The first-order valence-corrected chi connectivity index (χ1v) is 12.9. The van der Waals surface area contributed by atoms with Crippen LogP contribution in [0.25, 0.3) is 10.9 Å². The minimum absolute atomic E-state index is 0.300. The van der Waals surface area contributed by atoms with Gasteiger partial charge in [-0.2, -0.15) is 4.58 Å². The smallest absolute Gasteiger partial charge is 0.335 e. The van der Waals surface area contributed by atoms with Crippen molar-refractivity contribution in [2.45, 2.75) is 25.9 Å². The maximum Gasteiger partial charge on any atom is 0.335 e. The van der Waals surface area contributed by atoms with Crippen molar-refractivity contribution in [3.05, 3.63) is 136 Å². The monoisotopic (exact) mass is 515 g/mol. The lowest BCUT2D eigenvalue weighted by molar-refractivity contribution is -0.468. The molecule has 1 aromatic heterocycles. The van der Waals surface area contributed by atoms with E-state index in [2.05, 4.69) is 64.0 Å². The number of hydrogen-bond acceptors (Lipinski definition) is 2. The normalized spacial score (nSPS) is 12.4. The lowest BCUT2D eigenvalue weighted by Crippen LogP contribution is -2.10. The molecular weight excluding hydrogens is 488 g/mol. The van der Waals surface area contributed by atoms with Gasteiger partial charge in [-0.15, -0.1) is 0 Å². The molecule has 0 spiro atoms. The zero-order valence-corrected chi connectivity index (χ0v) is 21.2. The molecule has 1 aliphatic heterocycles. The van der Waals surface area contributed by atoms with E-state index in [-0.39, 0.29) is 0 Å². The number of benzene rings is 4. The highest BCUT2D eigenvalue weighted by Gasteiger charge is 2.23. The first-order chi connectivity index (χ1) is 18.9. The van der Waals surface area contributed by atoms with Crippen LogP contribution in [0.4, 0.5) is 5.69 Å². The van der Waals surface area contributed by atoms with Crippen LogP contribution < -0.4 is 0 Å². The van der Waals surface area contributed by atoms with E-state index in [4.69, 9.17) is 0 Å². The molecule has 0 radical (unpaired) electrons. The molecule has 39 heavy (non-hydrogen) atoms. The number of rotatable bonds is 8. The van der Waals surface area contributed by atoms with Crippen LogP contribution in [0.15, 0.2) is 97.2 Å². The molecule has 2 heterocycles. The lowest BCUT2D eigenvalue weighted by Gasteiger charge is -2.08. The number of carboxylic acid groups (broad SMARTS) is 2. The van der Waals surface area contributed by atoms with Crippen LogP contribution in [-0.4, -0.2) is 37.5 Å². The van der Waals surface area contributed by atoms with E-state index < -0.39 is 11.9 Å². The van der Waals surface area contributed by atoms with Gasteiger partial charge in [0.15, 0.2) is 6.21 Å². The Morgan fingerprint density at radius 2 is 1.33 bits per heavy atom. The van der Waals surface area contributed by atoms with E-state index >= 15 is 0 Å². The molecular formula is C33H27N2O4+. The molecule has 0 unspecified atom stereocenters. The predicted octanol–water partition coefficient (Wildman–Crippen LogP) is 6.15. The Labute approximate surface area is 225 Å². The van der Waals surface area contributed by atoms with Gasteiger partial charge in [0, 0.05) is 17.8 Å². The number of fused-ring (bicyclic) bond motifs is 2. The molecule has 4 aromatic carbocycles. The van der Waals surface area contributed by atoms with Gasteiger partial charge in [-0.3, -0.25) is 4.57 Å². The molecule has 5 aromatic rings. The summed E-state index contributed by atoms with van der Waals surface area (Å²) >= 11 is 0. The van der Waals surface area contributed by atoms with Crippen LogP contribution in [0.2, 0.25) is 0 Å². The van der Waals surface area contributed by atoms with Gasteiger partial charge < -0.3 is 10.2 Å². The second-order valence-electron chi connectivity index (χ2n) is 10.0. The van der Waals surface area contributed by atoms with Crippen molar-refractivity contribution in [3.8, 4) is 0 Å². The predicted molar refractivity (Wildman–Crippen MR) is 150 cm³/mol. The average molecular weight is 516 g/mol. The third-order valence-electron chi connectivity index (χ3n) is 7.30. The molecule has 6 heteroatoms. The largest absolute Gasteiger partial charge is 0.478 e. The highest BCUT2D eigenvalue weighted by atomic mass is 16.4. The van der Waals surface area contributed by atoms with Gasteiger partial charge in [0.05, 0.1) is 23.1 Å². The fraction of sp³-hybridized carbons (Fsp3) is 0.121. The third-order valence-corrected chi connectivity index (χ3v) is 7.30. The van der Waals surface area contributed by atoms with E-state index in [0.29, 0.717) is 30.6 Å². The summed E-state index contributed by atoms with van der Waals surface area (Å²) < 4.78 is 4.51. The second-order valence-corrected chi connectivity index (χ2v) is 10.0. The Balaban J connectivity index is 1.24. The summed E-state index contributed by atoms with van der Waals surface area (Å²) in [5.41, 5.74) is 8.38. The molecule has 0 aliphatic carbocycles. The molecule has 6 rings (SSSR count). The van der Waals surface area contributed by atoms with Gasteiger partial charge in [0.1, 0.15) is 0 Å². The average Bonchev–Trinajstić information content (AvgIpc) is 3.52. The molecule has 1 aliphatic rings. The zero-order chi connectivity index (χ0) is 26.9. The fourth-order valence-corrected chi connectivity index (χ4v) is 5.33.